The van der Waals surface area contributed by atoms with Crippen LogP contribution in [0.3, 0.4) is 0 Å². The average molecular weight is 423 g/mol. The molecule has 0 aliphatic carbocycles. The highest BCUT2D eigenvalue weighted by atomic mass is 79.9. The largest absolute Gasteiger partial charge is 0.492 e. The van der Waals surface area contributed by atoms with Crippen molar-refractivity contribution in [2.45, 2.75) is 13.3 Å². The molecule has 134 valence electrons. The lowest BCUT2D eigenvalue weighted by atomic mass is 10.3. The first-order valence-corrected chi connectivity index (χ1v) is 8.66. The summed E-state index contributed by atoms with van der Waals surface area (Å²) in [6.45, 7) is 2.83. The molecule has 3 N–H and O–H groups in total. The minimum atomic E-state index is -0.710. The lowest BCUT2D eigenvalue weighted by Crippen LogP contribution is -2.46. The molecule has 0 aliphatic heterocycles. The fourth-order valence-corrected chi connectivity index (χ4v) is 2.47. The molecule has 0 saturated heterocycles. The van der Waals surface area contributed by atoms with Crippen molar-refractivity contribution in [3.8, 4) is 5.75 Å². The Bertz CT molecular complexity index is 560. The zero-order valence-electron chi connectivity index (χ0n) is 13.4. The van der Waals surface area contributed by atoms with Gasteiger partial charge in [-0.3, -0.25) is 0 Å². The van der Waals surface area contributed by atoms with Gasteiger partial charge in [0, 0.05) is 24.1 Å². The molecule has 1 rings (SSSR count). The first-order valence-electron chi connectivity index (χ1n) is 7.49. The van der Waals surface area contributed by atoms with Crippen LogP contribution in [-0.2, 0) is 4.74 Å². The third-order valence-corrected chi connectivity index (χ3v) is 3.62. The summed E-state index contributed by atoms with van der Waals surface area (Å²) in [4.78, 5) is 24.6. The number of hydrogen-bond acceptors (Lipinski definition) is 5. The first kappa shape index (κ1) is 20.5. The minimum absolute atomic E-state index is 0.0929. The molecule has 0 aliphatic rings. The summed E-state index contributed by atoms with van der Waals surface area (Å²) in [6.07, 6.45) is -0.157. The molecule has 0 radical (unpaired) electrons. The van der Waals surface area contributed by atoms with Gasteiger partial charge in [0.15, 0.2) is 0 Å². The number of rotatable bonds is 8. The van der Waals surface area contributed by atoms with Crippen LogP contribution in [0.4, 0.5) is 9.59 Å². The summed E-state index contributed by atoms with van der Waals surface area (Å²) in [5.41, 5.74) is 5.40. The van der Waals surface area contributed by atoms with Gasteiger partial charge in [0.25, 0.3) is 0 Å². The number of carbonyl (C=O) groups excluding carboxylic acids is 2. The Hall–Kier alpha value is -1.51. The van der Waals surface area contributed by atoms with Crippen LogP contribution in [0, 0.1) is 0 Å². The van der Waals surface area contributed by atoms with Gasteiger partial charge in [-0.1, -0.05) is 27.5 Å². The summed E-state index contributed by atoms with van der Waals surface area (Å²) in [5, 5.41) is 3.13. The summed E-state index contributed by atoms with van der Waals surface area (Å²) >= 11 is 9.35. The van der Waals surface area contributed by atoms with Crippen LogP contribution in [-0.4, -0.2) is 49.9 Å². The van der Waals surface area contributed by atoms with Gasteiger partial charge >= 0.3 is 12.1 Å². The standard InChI is InChI=1S/C15H21BrClN3O4/c1-2-23-15(22)20(8-6-18)14(21)19-7-3-9-24-13-5-4-11(16)10-12(13)17/h4-5,10H,2-3,6-9,18H2,1H3,(H,19,21). The SMILES string of the molecule is CCOC(=O)N(CCN)C(=O)NCCCOc1ccc(Br)cc1Cl. The van der Waals surface area contributed by atoms with E-state index in [0.29, 0.717) is 30.3 Å². The maximum atomic E-state index is 12.0. The number of amides is 3. The van der Waals surface area contributed by atoms with E-state index >= 15 is 0 Å². The van der Waals surface area contributed by atoms with Crippen LogP contribution < -0.4 is 15.8 Å². The molecule has 3 amide bonds. The maximum absolute atomic E-state index is 12.0. The summed E-state index contributed by atoms with van der Waals surface area (Å²) in [6, 6.07) is 4.78. The Balaban J connectivity index is 2.34. The molecule has 24 heavy (non-hydrogen) atoms. The van der Waals surface area contributed by atoms with Gasteiger partial charge in [0.2, 0.25) is 0 Å². The molecular formula is C15H21BrClN3O4. The van der Waals surface area contributed by atoms with Gasteiger partial charge in [0.05, 0.1) is 18.2 Å². The van der Waals surface area contributed by atoms with Gasteiger partial charge < -0.3 is 20.5 Å². The van der Waals surface area contributed by atoms with Crippen molar-refractivity contribution in [3.05, 3.63) is 27.7 Å². The van der Waals surface area contributed by atoms with E-state index in [-0.39, 0.29) is 19.7 Å². The number of ether oxygens (including phenoxy) is 2. The Morgan fingerprint density at radius 2 is 2.17 bits per heavy atom. The van der Waals surface area contributed by atoms with Crippen LogP contribution in [0.5, 0.6) is 5.75 Å². The average Bonchev–Trinajstić information content (AvgIpc) is 2.54. The van der Waals surface area contributed by atoms with Crippen LogP contribution in [0.1, 0.15) is 13.3 Å². The monoisotopic (exact) mass is 421 g/mol. The number of nitrogens with one attached hydrogen (secondary N) is 1. The van der Waals surface area contributed by atoms with Crippen molar-refractivity contribution < 1.29 is 19.1 Å². The number of hydrogen-bond donors (Lipinski definition) is 2. The molecule has 0 heterocycles. The topological polar surface area (TPSA) is 93.9 Å². The van der Waals surface area contributed by atoms with Crippen molar-refractivity contribution in [1.82, 2.24) is 10.2 Å². The number of halogens is 2. The van der Waals surface area contributed by atoms with E-state index in [4.69, 9.17) is 26.8 Å². The summed E-state index contributed by atoms with van der Waals surface area (Å²) in [5.74, 6) is 0.572. The van der Waals surface area contributed by atoms with Crippen LogP contribution in [0.15, 0.2) is 22.7 Å². The van der Waals surface area contributed by atoms with E-state index in [2.05, 4.69) is 21.2 Å². The molecule has 9 heteroatoms. The molecule has 0 spiro atoms. The molecule has 0 atom stereocenters. The van der Waals surface area contributed by atoms with Gasteiger partial charge in [-0.05, 0) is 31.5 Å². The molecular weight excluding hydrogens is 402 g/mol. The third kappa shape index (κ3) is 6.94. The number of benzene rings is 1. The van der Waals surface area contributed by atoms with Crippen molar-refractivity contribution in [1.29, 1.82) is 0 Å². The van der Waals surface area contributed by atoms with E-state index < -0.39 is 12.1 Å². The number of carbonyl (C=O) groups is 2. The van der Waals surface area contributed by atoms with Crippen molar-refractivity contribution in [2.75, 3.05) is 32.8 Å². The minimum Gasteiger partial charge on any atom is -0.492 e. The van der Waals surface area contributed by atoms with E-state index in [1.807, 2.05) is 6.07 Å². The summed E-state index contributed by atoms with van der Waals surface area (Å²) < 4.78 is 11.2. The Labute approximate surface area is 154 Å². The van der Waals surface area contributed by atoms with Crippen LogP contribution in [0.25, 0.3) is 0 Å². The van der Waals surface area contributed by atoms with Crippen molar-refractivity contribution >= 4 is 39.7 Å². The summed E-state index contributed by atoms with van der Waals surface area (Å²) in [7, 11) is 0. The van der Waals surface area contributed by atoms with Crippen LogP contribution >= 0.6 is 27.5 Å². The predicted molar refractivity (Wildman–Crippen MR) is 95.4 cm³/mol. The Morgan fingerprint density at radius 1 is 1.42 bits per heavy atom. The second-order valence-corrected chi connectivity index (χ2v) is 5.97. The lowest BCUT2D eigenvalue weighted by molar-refractivity contribution is 0.115. The Kier molecular flexibility index (Phi) is 9.51. The number of imide groups is 1. The first-order chi connectivity index (χ1) is 11.5. The van der Waals surface area contributed by atoms with Crippen LogP contribution in [0.2, 0.25) is 5.02 Å². The fraction of sp³-hybridized carbons (Fsp3) is 0.467. The van der Waals surface area contributed by atoms with Gasteiger partial charge in [-0.15, -0.1) is 0 Å². The molecule has 1 aromatic carbocycles. The molecule has 7 nitrogen and oxygen atoms in total. The molecule has 0 aromatic heterocycles. The lowest BCUT2D eigenvalue weighted by Gasteiger charge is -2.19. The molecule has 1 aromatic rings. The highest BCUT2D eigenvalue weighted by molar-refractivity contribution is 9.10. The Morgan fingerprint density at radius 3 is 2.79 bits per heavy atom. The highest BCUT2D eigenvalue weighted by Gasteiger charge is 2.21. The zero-order valence-corrected chi connectivity index (χ0v) is 15.7. The normalized spacial score (nSPS) is 10.2. The molecule has 0 bridgehead atoms. The van der Waals surface area contributed by atoms with Crippen molar-refractivity contribution in [2.24, 2.45) is 5.73 Å². The third-order valence-electron chi connectivity index (χ3n) is 2.83. The highest BCUT2D eigenvalue weighted by Crippen LogP contribution is 2.27. The molecule has 0 saturated carbocycles. The zero-order chi connectivity index (χ0) is 17.9. The quantitative estimate of drug-likeness (QED) is 0.628. The van der Waals surface area contributed by atoms with E-state index in [1.54, 1.807) is 19.1 Å². The second kappa shape index (κ2) is 11.1. The van der Waals surface area contributed by atoms with Gasteiger partial charge in [-0.25, -0.2) is 14.5 Å². The molecule has 0 fully saturated rings. The number of nitrogens with two attached hydrogens (primary N) is 1. The maximum Gasteiger partial charge on any atom is 0.418 e. The smallest absolute Gasteiger partial charge is 0.418 e. The van der Waals surface area contributed by atoms with E-state index in [1.165, 1.54) is 0 Å². The second-order valence-electron chi connectivity index (χ2n) is 4.65. The van der Waals surface area contributed by atoms with E-state index in [0.717, 1.165) is 9.37 Å². The van der Waals surface area contributed by atoms with Gasteiger partial charge in [0.1, 0.15) is 5.75 Å². The fourth-order valence-electron chi connectivity index (χ4n) is 1.74. The molecule has 0 unspecified atom stereocenters. The van der Waals surface area contributed by atoms with Crippen molar-refractivity contribution in [3.63, 3.8) is 0 Å². The predicted octanol–water partition coefficient (Wildman–Crippen LogP) is 3.00. The number of nitrogens with zero attached hydrogens (tertiary/aromatic N) is 1. The van der Waals surface area contributed by atoms with E-state index in [9.17, 15) is 9.59 Å². The van der Waals surface area contributed by atoms with Gasteiger partial charge in [-0.2, -0.15) is 0 Å². The number of urea groups is 1.